The number of hydrogen-bond donors (Lipinski definition) is 1. The zero-order chi connectivity index (χ0) is 17.7. The van der Waals surface area contributed by atoms with Crippen LogP contribution < -0.4 is 10.1 Å². The number of hydrogen-bond acceptors (Lipinski definition) is 4. The average Bonchev–Trinajstić information content (AvgIpc) is 2.54. The maximum absolute atomic E-state index is 13.1. The molecule has 1 amide bonds. The highest BCUT2D eigenvalue weighted by atomic mass is 19.1. The molecule has 0 bridgehead atoms. The molecule has 24 heavy (non-hydrogen) atoms. The molecule has 0 aliphatic heterocycles. The Morgan fingerprint density at radius 2 is 1.75 bits per heavy atom. The molecule has 2 rings (SSSR count). The first-order chi connectivity index (χ1) is 11.4. The lowest BCUT2D eigenvalue weighted by Gasteiger charge is -2.14. The fourth-order valence-corrected chi connectivity index (χ4v) is 1.90. The fraction of sp³-hybridized carbons (Fsp3) is 0.176. The maximum atomic E-state index is 13.1. The summed E-state index contributed by atoms with van der Waals surface area (Å²) in [4.78, 5) is 23.9. The van der Waals surface area contributed by atoms with Crippen LogP contribution in [0.4, 0.5) is 14.5 Å². The van der Waals surface area contributed by atoms with Gasteiger partial charge in [-0.25, -0.2) is 13.6 Å². The summed E-state index contributed by atoms with van der Waals surface area (Å²) in [6.45, 7) is 1.35. The molecule has 0 unspecified atom stereocenters. The van der Waals surface area contributed by atoms with Gasteiger partial charge in [-0.2, -0.15) is 0 Å². The van der Waals surface area contributed by atoms with E-state index >= 15 is 0 Å². The smallest absolute Gasteiger partial charge is 0.339 e. The molecule has 5 nitrogen and oxygen atoms in total. The summed E-state index contributed by atoms with van der Waals surface area (Å²) in [7, 11) is 1.49. The van der Waals surface area contributed by atoms with E-state index in [9.17, 15) is 18.4 Å². The summed E-state index contributed by atoms with van der Waals surface area (Å²) in [6.07, 6.45) is -1.16. The molecule has 1 atom stereocenters. The van der Waals surface area contributed by atoms with Crippen LogP contribution in [0.15, 0.2) is 42.5 Å². The SMILES string of the molecule is COc1cccc(NC(=O)[C@@H](C)OC(=O)c2cc(F)cc(F)c2)c1. The summed E-state index contributed by atoms with van der Waals surface area (Å²) in [6, 6.07) is 8.91. The first kappa shape index (κ1) is 17.4. The van der Waals surface area contributed by atoms with E-state index in [2.05, 4.69) is 5.32 Å². The van der Waals surface area contributed by atoms with Crippen molar-refractivity contribution in [2.24, 2.45) is 0 Å². The molecule has 0 saturated carbocycles. The van der Waals surface area contributed by atoms with Gasteiger partial charge < -0.3 is 14.8 Å². The number of carbonyl (C=O) groups excluding carboxylic acids is 2. The van der Waals surface area contributed by atoms with Gasteiger partial charge in [0.2, 0.25) is 0 Å². The van der Waals surface area contributed by atoms with Crippen LogP contribution >= 0.6 is 0 Å². The van der Waals surface area contributed by atoms with Crippen LogP contribution in [0.1, 0.15) is 17.3 Å². The van der Waals surface area contributed by atoms with Gasteiger partial charge in [-0.1, -0.05) is 6.07 Å². The van der Waals surface area contributed by atoms with Crippen LogP contribution in [-0.2, 0) is 9.53 Å². The van der Waals surface area contributed by atoms with E-state index in [1.165, 1.54) is 14.0 Å². The number of benzene rings is 2. The molecule has 1 N–H and O–H groups in total. The van der Waals surface area contributed by atoms with Gasteiger partial charge in [-0.3, -0.25) is 4.79 Å². The second kappa shape index (κ2) is 7.54. The predicted molar refractivity (Wildman–Crippen MR) is 82.9 cm³/mol. The van der Waals surface area contributed by atoms with Crippen LogP contribution in [0.25, 0.3) is 0 Å². The third kappa shape index (κ3) is 4.52. The van der Waals surface area contributed by atoms with Crippen LogP contribution in [0.5, 0.6) is 5.75 Å². The number of amides is 1. The van der Waals surface area contributed by atoms with Crippen molar-refractivity contribution in [3.63, 3.8) is 0 Å². The van der Waals surface area contributed by atoms with Crippen molar-refractivity contribution in [3.05, 3.63) is 59.7 Å². The van der Waals surface area contributed by atoms with E-state index < -0.39 is 29.6 Å². The van der Waals surface area contributed by atoms with E-state index in [0.29, 0.717) is 17.5 Å². The minimum atomic E-state index is -1.16. The first-order valence-electron chi connectivity index (χ1n) is 7.01. The third-order valence-corrected chi connectivity index (χ3v) is 3.09. The number of rotatable bonds is 5. The number of carbonyl (C=O) groups is 2. The van der Waals surface area contributed by atoms with Crippen molar-refractivity contribution in [3.8, 4) is 5.75 Å². The van der Waals surface area contributed by atoms with Crippen LogP contribution in [0.3, 0.4) is 0 Å². The van der Waals surface area contributed by atoms with Gasteiger partial charge in [0.15, 0.2) is 6.10 Å². The number of anilines is 1. The predicted octanol–water partition coefficient (Wildman–Crippen LogP) is 3.16. The van der Waals surface area contributed by atoms with Gasteiger partial charge in [0.1, 0.15) is 17.4 Å². The first-order valence-corrected chi connectivity index (χ1v) is 7.01. The zero-order valence-corrected chi connectivity index (χ0v) is 13.0. The molecular weight excluding hydrogens is 320 g/mol. The van der Waals surface area contributed by atoms with Crippen LogP contribution in [0.2, 0.25) is 0 Å². The van der Waals surface area contributed by atoms with Gasteiger partial charge >= 0.3 is 5.97 Å². The Kier molecular flexibility index (Phi) is 5.47. The molecule has 0 aliphatic carbocycles. The lowest BCUT2D eigenvalue weighted by atomic mass is 10.2. The number of ether oxygens (including phenoxy) is 2. The van der Waals surface area contributed by atoms with E-state index in [-0.39, 0.29) is 5.56 Å². The van der Waals surface area contributed by atoms with Gasteiger partial charge in [-0.05, 0) is 31.2 Å². The Hall–Kier alpha value is -2.96. The topological polar surface area (TPSA) is 64.6 Å². The number of nitrogens with one attached hydrogen (secondary N) is 1. The lowest BCUT2D eigenvalue weighted by molar-refractivity contribution is -0.123. The normalized spacial score (nSPS) is 11.5. The maximum Gasteiger partial charge on any atom is 0.339 e. The standard InChI is InChI=1S/C17H15F2NO4/c1-10(16(21)20-14-4-3-5-15(9-14)23-2)24-17(22)11-6-12(18)8-13(19)7-11/h3-10H,1-2H3,(H,20,21)/t10-/m1/s1. The molecule has 0 saturated heterocycles. The minimum absolute atomic E-state index is 0.312. The highest BCUT2D eigenvalue weighted by Gasteiger charge is 2.20. The Morgan fingerprint density at radius 3 is 2.38 bits per heavy atom. The molecule has 0 heterocycles. The molecular formula is C17H15F2NO4. The largest absolute Gasteiger partial charge is 0.497 e. The molecule has 126 valence electrons. The monoisotopic (exact) mass is 335 g/mol. The summed E-state index contributed by atoms with van der Waals surface area (Å²) in [5, 5.41) is 2.55. The number of esters is 1. The van der Waals surface area contributed by atoms with Crippen molar-refractivity contribution >= 4 is 17.6 Å². The molecule has 2 aromatic rings. The van der Waals surface area contributed by atoms with Crippen molar-refractivity contribution in [2.75, 3.05) is 12.4 Å². The van der Waals surface area contributed by atoms with Crippen molar-refractivity contribution in [1.29, 1.82) is 0 Å². The van der Waals surface area contributed by atoms with Crippen molar-refractivity contribution < 1.29 is 27.8 Å². The quantitative estimate of drug-likeness (QED) is 0.853. The Labute approximate surface area is 137 Å². The van der Waals surface area contributed by atoms with Crippen molar-refractivity contribution in [1.82, 2.24) is 0 Å². The number of methoxy groups -OCH3 is 1. The second-order valence-electron chi connectivity index (χ2n) is 4.93. The fourth-order valence-electron chi connectivity index (χ4n) is 1.90. The van der Waals surface area contributed by atoms with Gasteiger partial charge in [0, 0.05) is 17.8 Å². The highest BCUT2D eigenvalue weighted by molar-refractivity contribution is 5.97. The molecule has 2 aromatic carbocycles. The van der Waals surface area contributed by atoms with Crippen LogP contribution in [0, 0.1) is 11.6 Å². The minimum Gasteiger partial charge on any atom is -0.497 e. The Bertz CT molecular complexity index is 744. The van der Waals surface area contributed by atoms with E-state index in [1.807, 2.05) is 0 Å². The van der Waals surface area contributed by atoms with E-state index in [4.69, 9.17) is 9.47 Å². The average molecular weight is 335 g/mol. The number of halogens is 2. The second-order valence-corrected chi connectivity index (χ2v) is 4.93. The summed E-state index contributed by atoms with van der Waals surface area (Å²) in [5.41, 5.74) is 0.146. The van der Waals surface area contributed by atoms with Gasteiger partial charge in [0.25, 0.3) is 5.91 Å². The molecule has 0 spiro atoms. The highest BCUT2D eigenvalue weighted by Crippen LogP contribution is 2.17. The Balaban J connectivity index is 2.01. The molecule has 7 heteroatoms. The lowest BCUT2D eigenvalue weighted by Crippen LogP contribution is -2.30. The molecule has 0 fully saturated rings. The molecule has 0 radical (unpaired) electrons. The molecule has 0 aromatic heterocycles. The van der Waals surface area contributed by atoms with Gasteiger partial charge in [-0.15, -0.1) is 0 Å². The van der Waals surface area contributed by atoms with Crippen LogP contribution in [-0.4, -0.2) is 25.1 Å². The molecule has 0 aliphatic rings. The zero-order valence-electron chi connectivity index (χ0n) is 13.0. The van der Waals surface area contributed by atoms with Crippen molar-refractivity contribution in [2.45, 2.75) is 13.0 Å². The van der Waals surface area contributed by atoms with E-state index in [1.54, 1.807) is 24.3 Å². The summed E-state index contributed by atoms with van der Waals surface area (Å²) in [5.74, 6) is -2.85. The summed E-state index contributed by atoms with van der Waals surface area (Å²) >= 11 is 0. The van der Waals surface area contributed by atoms with Gasteiger partial charge in [0.05, 0.1) is 12.7 Å². The third-order valence-electron chi connectivity index (χ3n) is 3.09. The summed E-state index contributed by atoms with van der Waals surface area (Å²) < 4.78 is 36.2. The Morgan fingerprint density at radius 1 is 1.08 bits per heavy atom. The van der Waals surface area contributed by atoms with E-state index in [0.717, 1.165) is 12.1 Å².